The molecule has 9 heteroatoms. The Hall–Kier alpha value is -1.71. The molecule has 2 atom stereocenters. The number of hydrogen-bond acceptors (Lipinski definition) is 5. The molecule has 2 heterocycles. The summed E-state index contributed by atoms with van der Waals surface area (Å²) in [5.41, 5.74) is 5.59. The maximum Gasteiger partial charge on any atom is 0.244 e. The molecule has 25 heavy (non-hydrogen) atoms. The van der Waals surface area contributed by atoms with Crippen molar-refractivity contribution in [3.05, 3.63) is 31.0 Å². The summed E-state index contributed by atoms with van der Waals surface area (Å²) in [5, 5.41) is 3.30. The van der Waals surface area contributed by atoms with Crippen LogP contribution < -0.4 is 16.2 Å². The molecule has 0 unspecified atom stereocenters. The Kier molecular flexibility index (Phi) is 6.74. The van der Waals surface area contributed by atoms with Crippen LogP contribution in [0.4, 0.5) is 5.82 Å². The molecule has 1 saturated heterocycles. The fraction of sp³-hybridized carbons (Fsp3) is 0.500. The highest BCUT2D eigenvalue weighted by molar-refractivity contribution is 7.89. The van der Waals surface area contributed by atoms with Gasteiger partial charge in [-0.05, 0) is 42.6 Å². The minimum absolute atomic E-state index is 0.201. The third-order valence-electron chi connectivity index (χ3n) is 3.92. The first kappa shape index (κ1) is 19.6. The Bertz CT molecular complexity index is 696. The smallest absolute Gasteiger partial charge is 0.244 e. The molecule has 1 aromatic rings. The van der Waals surface area contributed by atoms with Crippen LogP contribution in [-0.2, 0) is 10.0 Å². The van der Waals surface area contributed by atoms with Crippen molar-refractivity contribution in [3.63, 3.8) is 0 Å². The lowest BCUT2D eigenvalue weighted by Gasteiger charge is -2.33. The van der Waals surface area contributed by atoms with E-state index in [1.807, 2.05) is 0 Å². The lowest BCUT2D eigenvalue weighted by molar-refractivity contribution is 0.222. The van der Waals surface area contributed by atoms with Crippen molar-refractivity contribution < 1.29 is 8.42 Å². The van der Waals surface area contributed by atoms with Gasteiger partial charge < -0.3 is 5.32 Å². The fourth-order valence-electron chi connectivity index (χ4n) is 2.89. The molecule has 0 radical (unpaired) electrons. The van der Waals surface area contributed by atoms with Crippen LogP contribution in [0.2, 0.25) is 0 Å². The second-order valence-corrected chi connectivity index (χ2v) is 8.74. The van der Waals surface area contributed by atoms with E-state index in [1.54, 1.807) is 22.5 Å². The molecule has 138 valence electrons. The van der Waals surface area contributed by atoms with E-state index in [1.165, 1.54) is 6.20 Å². The van der Waals surface area contributed by atoms with E-state index < -0.39 is 10.0 Å². The molecule has 1 aliphatic rings. The van der Waals surface area contributed by atoms with E-state index >= 15 is 0 Å². The molecule has 1 aromatic heterocycles. The fourth-order valence-corrected chi connectivity index (χ4v) is 4.65. The number of anilines is 1. The Morgan fingerprint density at radius 1 is 1.40 bits per heavy atom. The zero-order chi connectivity index (χ0) is 18.4. The van der Waals surface area contributed by atoms with Gasteiger partial charge in [-0.3, -0.25) is 10.9 Å². The summed E-state index contributed by atoms with van der Waals surface area (Å²) in [4.78, 5) is 4.34. The van der Waals surface area contributed by atoms with E-state index in [2.05, 4.69) is 41.6 Å². The number of aromatic nitrogens is 1. The average Bonchev–Trinajstić information content (AvgIpc) is 2.57. The number of nitrogens with zero attached hydrogens (tertiary/aromatic N) is 2. The molecular formula is C16H25N5O2S2. The van der Waals surface area contributed by atoms with Crippen molar-refractivity contribution >= 4 is 33.2 Å². The summed E-state index contributed by atoms with van der Waals surface area (Å²) in [5.74, 6) is 1.20. The van der Waals surface area contributed by atoms with E-state index in [0.29, 0.717) is 42.4 Å². The highest BCUT2D eigenvalue weighted by atomic mass is 32.2. The minimum Gasteiger partial charge on any atom is -0.358 e. The number of thiocarbonyl (C=S) groups is 1. The van der Waals surface area contributed by atoms with Gasteiger partial charge in [-0.1, -0.05) is 19.9 Å². The first-order valence-corrected chi connectivity index (χ1v) is 10.0. The van der Waals surface area contributed by atoms with Crippen LogP contribution in [0.1, 0.15) is 20.3 Å². The zero-order valence-corrected chi connectivity index (χ0v) is 16.2. The van der Waals surface area contributed by atoms with Crippen LogP contribution in [-0.4, -0.2) is 42.5 Å². The topological polar surface area (TPSA) is 86.4 Å². The predicted octanol–water partition coefficient (Wildman–Crippen LogP) is 1.73. The molecule has 0 spiro atoms. The van der Waals surface area contributed by atoms with Gasteiger partial charge in [0.15, 0.2) is 5.11 Å². The maximum absolute atomic E-state index is 12.8. The number of hydrazine groups is 1. The van der Waals surface area contributed by atoms with E-state index in [-0.39, 0.29) is 4.90 Å². The molecule has 0 saturated carbocycles. The van der Waals surface area contributed by atoms with Crippen molar-refractivity contribution in [2.24, 2.45) is 11.8 Å². The van der Waals surface area contributed by atoms with Crippen LogP contribution in [0.15, 0.2) is 35.9 Å². The lowest BCUT2D eigenvalue weighted by atomic mass is 9.94. The summed E-state index contributed by atoms with van der Waals surface area (Å²) >= 11 is 5.05. The summed E-state index contributed by atoms with van der Waals surface area (Å²) in [7, 11) is -3.51. The van der Waals surface area contributed by atoms with Crippen LogP contribution >= 0.6 is 12.2 Å². The third-order valence-corrected chi connectivity index (χ3v) is 5.98. The number of pyridine rings is 1. The van der Waals surface area contributed by atoms with Crippen LogP contribution in [0.25, 0.3) is 0 Å². The van der Waals surface area contributed by atoms with Crippen molar-refractivity contribution in [1.82, 2.24) is 20.0 Å². The Balaban J connectivity index is 2.01. The molecule has 1 fully saturated rings. The van der Waals surface area contributed by atoms with Gasteiger partial charge in [0.1, 0.15) is 10.7 Å². The second kappa shape index (κ2) is 8.59. The summed E-state index contributed by atoms with van der Waals surface area (Å²) in [6.45, 7) is 9.40. The van der Waals surface area contributed by atoms with Crippen LogP contribution in [0, 0.1) is 11.8 Å². The molecule has 0 aliphatic carbocycles. The molecular weight excluding hydrogens is 358 g/mol. The predicted molar refractivity (Wildman–Crippen MR) is 103 cm³/mol. The monoisotopic (exact) mass is 383 g/mol. The van der Waals surface area contributed by atoms with Crippen molar-refractivity contribution in [2.45, 2.75) is 25.2 Å². The Morgan fingerprint density at radius 2 is 2.08 bits per heavy atom. The standard InChI is InChI=1S/C16H25N5O2S2/c1-4-7-17-16(24)20-19-15-6-5-14(9-18-15)25(22,23)21-10-12(2)8-13(3)11-21/h4-6,9,12-13H,1,7-8,10-11H2,2-3H3,(H,18,19)(H2,17,20,24)/t12-,13+. The number of sulfonamides is 1. The van der Waals surface area contributed by atoms with Gasteiger partial charge in [-0.15, -0.1) is 6.58 Å². The average molecular weight is 384 g/mol. The van der Waals surface area contributed by atoms with Crippen molar-refractivity contribution in [3.8, 4) is 0 Å². The molecule has 1 aliphatic heterocycles. The third kappa shape index (κ3) is 5.38. The van der Waals surface area contributed by atoms with Gasteiger partial charge in [0.2, 0.25) is 10.0 Å². The second-order valence-electron chi connectivity index (χ2n) is 6.40. The van der Waals surface area contributed by atoms with Gasteiger partial charge in [-0.25, -0.2) is 13.4 Å². The first-order chi connectivity index (χ1) is 11.8. The number of piperidine rings is 1. The molecule has 0 aromatic carbocycles. The summed E-state index contributed by atoms with van der Waals surface area (Å²) in [6.07, 6.45) is 4.11. The first-order valence-electron chi connectivity index (χ1n) is 8.20. The zero-order valence-electron chi connectivity index (χ0n) is 14.5. The van der Waals surface area contributed by atoms with E-state index in [4.69, 9.17) is 12.2 Å². The summed E-state index contributed by atoms with van der Waals surface area (Å²) in [6, 6.07) is 3.16. The van der Waals surface area contributed by atoms with Gasteiger partial charge in [0.25, 0.3) is 0 Å². The Morgan fingerprint density at radius 3 is 2.64 bits per heavy atom. The normalized spacial score (nSPS) is 21.4. The van der Waals surface area contributed by atoms with Gasteiger partial charge in [0.05, 0.1) is 0 Å². The van der Waals surface area contributed by atoms with Crippen LogP contribution in [0.5, 0.6) is 0 Å². The van der Waals surface area contributed by atoms with Gasteiger partial charge in [0, 0.05) is 25.8 Å². The molecule has 3 N–H and O–H groups in total. The van der Waals surface area contributed by atoms with E-state index in [0.717, 1.165) is 6.42 Å². The largest absolute Gasteiger partial charge is 0.358 e. The number of rotatable bonds is 6. The van der Waals surface area contributed by atoms with Crippen LogP contribution in [0.3, 0.4) is 0 Å². The van der Waals surface area contributed by atoms with Crippen molar-refractivity contribution in [1.29, 1.82) is 0 Å². The lowest BCUT2D eigenvalue weighted by Crippen LogP contribution is -2.42. The number of nitrogens with one attached hydrogen (secondary N) is 3. The minimum atomic E-state index is -3.51. The highest BCUT2D eigenvalue weighted by Crippen LogP contribution is 2.26. The van der Waals surface area contributed by atoms with E-state index in [9.17, 15) is 8.42 Å². The SMILES string of the molecule is C=CCNC(=S)NNc1ccc(S(=O)(=O)N2C[C@H](C)C[C@H](C)C2)cn1. The highest BCUT2D eigenvalue weighted by Gasteiger charge is 2.31. The Labute approximate surface area is 154 Å². The molecule has 0 bridgehead atoms. The van der Waals surface area contributed by atoms with Gasteiger partial charge >= 0.3 is 0 Å². The number of hydrogen-bond donors (Lipinski definition) is 3. The molecule has 2 rings (SSSR count). The van der Waals surface area contributed by atoms with Crippen molar-refractivity contribution in [2.75, 3.05) is 25.1 Å². The summed E-state index contributed by atoms with van der Waals surface area (Å²) < 4.78 is 27.1. The molecule has 7 nitrogen and oxygen atoms in total. The quantitative estimate of drug-likeness (QED) is 0.392. The van der Waals surface area contributed by atoms with Gasteiger partial charge in [-0.2, -0.15) is 4.31 Å². The molecule has 0 amide bonds. The maximum atomic E-state index is 12.8.